The zero-order valence-electron chi connectivity index (χ0n) is 8.34. The van der Waals surface area contributed by atoms with Gasteiger partial charge in [0.25, 0.3) is 5.88 Å². The summed E-state index contributed by atoms with van der Waals surface area (Å²) in [5, 5.41) is 10.6. The molecule has 1 heterocycles. The van der Waals surface area contributed by atoms with Crippen LogP contribution in [0.1, 0.15) is 6.42 Å². The first kappa shape index (κ1) is 11.7. The van der Waals surface area contributed by atoms with E-state index in [9.17, 15) is 10.1 Å². The van der Waals surface area contributed by atoms with Crippen LogP contribution in [-0.2, 0) is 0 Å². The minimum atomic E-state index is -0.585. The Bertz CT molecular complexity index is 427. The molecule has 7 heteroatoms. The van der Waals surface area contributed by atoms with Crippen molar-refractivity contribution in [3.8, 4) is 18.2 Å². The van der Waals surface area contributed by atoms with Gasteiger partial charge in [-0.1, -0.05) is 0 Å². The second kappa shape index (κ2) is 5.53. The molecule has 3 N–H and O–H groups in total. The first-order valence-corrected chi connectivity index (χ1v) is 4.37. The SMILES string of the molecule is C#CCCOc1nc(NN)ccc1[N+](=O)[O-]. The Morgan fingerprint density at radius 3 is 3.00 bits per heavy atom. The molecule has 1 aromatic heterocycles. The summed E-state index contributed by atoms with van der Waals surface area (Å²) < 4.78 is 5.09. The zero-order chi connectivity index (χ0) is 12.0. The number of anilines is 1. The minimum absolute atomic E-state index is 0.101. The summed E-state index contributed by atoms with van der Waals surface area (Å²) in [4.78, 5) is 13.9. The molecule has 1 rings (SSSR count). The summed E-state index contributed by atoms with van der Waals surface area (Å²) >= 11 is 0. The third-order valence-corrected chi connectivity index (χ3v) is 1.67. The van der Waals surface area contributed by atoms with Gasteiger partial charge >= 0.3 is 5.69 Å². The first-order valence-electron chi connectivity index (χ1n) is 4.37. The summed E-state index contributed by atoms with van der Waals surface area (Å²) in [6.07, 6.45) is 5.38. The maximum Gasteiger partial charge on any atom is 0.331 e. The van der Waals surface area contributed by atoms with Crippen LogP contribution in [0.15, 0.2) is 12.1 Å². The molecular weight excluding hydrogens is 212 g/mol. The molecule has 0 saturated carbocycles. The van der Waals surface area contributed by atoms with Crippen molar-refractivity contribution in [3.05, 3.63) is 22.2 Å². The standard InChI is InChI=1S/C9H10N4O3/c1-2-3-6-16-9-7(13(14)15)4-5-8(11-9)12-10/h1,4-5H,3,6,10H2,(H,11,12). The van der Waals surface area contributed by atoms with Gasteiger partial charge in [-0.05, 0) is 6.07 Å². The molecule has 0 amide bonds. The van der Waals surface area contributed by atoms with E-state index in [4.69, 9.17) is 17.0 Å². The molecule has 0 unspecified atom stereocenters. The van der Waals surface area contributed by atoms with E-state index < -0.39 is 4.92 Å². The average Bonchev–Trinajstić information content (AvgIpc) is 2.29. The molecule has 0 bridgehead atoms. The fourth-order valence-corrected chi connectivity index (χ4v) is 0.965. The highest BCUT2D eigenvalue weighted by Crippen LogP contribution is 2.25. The molecule has 0 aliphatic rings. The number of ether oxygens (including phenoxy) is 1. The topological polar surface area (TPSA) is 103 Å². The minimum Gasteiger partial charge on any atom is -0.472 e. The maximum atomic E-state index is 10.6. The second-order valence-electron chi connectivity index (χ2n) is 2.72. The summed E-state index contributed by atoms with van der Waals surface area (Å²) in [5.41, 5.74) is 2.04. The van der Waals surface area contributed by atoms with Crippen molar-refractivity contribution >= 4 is 11.5 Å². The van der Waals surface area contributed by atoms with Crippen LogP contribution in [0.25, 0.3) is 0 Å². The van der Waals surface area contributed by atoms with Crippen molar-refractivity contribution in [2.75, 3.05) is 12.0 Å². The molecule has 0 radical (unpaired) electrons. The molecule has 0 fully saturated rings. The third-order valence-electron chi connectivity index (χ3n) is 1.67. The molecule has 0 spiro atoms. The van der Waals surface area contributed by atoms with Gasteiger partial charge in [-0.2, -0.15) is 4.98 Å². The molecule has 16 heavy (non-hydrogen) atoms. The maximum absolute atomic E-state index is 10.6. The third kappa shape index (κ3) is 2.83. The lowest BCUT2D eigenvalue weighted by molar-refractivity contribution is -0.386. The van der Waals surface area contributed by atoms with E-state index >= 15 is 0 Å². The highest BCUT2D eigenvalue weighted by atomic mass is 16.6. The molecule has 0 atom stereocenters. The van der Waals surface area contributed by atoms with Crippen molar-refractivity contribution < 1.29 is 9.66 Å². The number of pyridine rings is 1. The number of aromatic nitrogens is 1. The normalized spacial score (nSPS) is 9.25. The van der Waals surface area contributed by atoms with Gasteiger partial charge in [0.2, 0.25) is 0 Å². The number of rotatable bonds is 5. The number of nitrogens with one attached hydrogen (secondary N) is 1. The van der Waals surface area contributed by atoms with Gasteiger partial charge in [0, 0.05) is 12.5 Å². The van der Waals surface area contributed by atoms with Crippen LogP contribution in [0.3, 0.4) is 0 Å². The summed E-state index contributed by atoms with van der Waals surface area (Å²) in [6, 6.07) is 2.64. The Kier molecular flexibility index (Phi) is 4.06. The molecule has 0 saturated heterocycles. The highest BCUT2D eigenvalue weighted by molar-refractivity contribution is 5.48. The number of nitrogens with zero attached hydrogens (tertiary/aromatic N) is 2. The van der Waals surface area contributed by atoms with E-state index in [0.717, 1.165) is 0 Å². The number of nitro groups is 1. The number of nitrogens with two attached hydrogens (primary N) is 1. The van der Waals surface area contributed by atoms with Crippen LogP contribution in [0.2, 0.25) is 0 Å². The molecule has 84 valence electrons. The number of hydrogen-bond acceptors (Lipinski definition) is 6. The van der Waals surface area contributed by atoms with Gasteiger partial charge in [0.1, 0.15) is 12.4 Å². The molecule has 1 aromatic rings. The van der Waals surface area contributed by atoms with Gasteiger partial charge in [-0.15, -0.1) is 12.3 Å². The fraction of sp³-hybridized carbons (Fsp3) is 0.222. The lowest BCUT2D eigenvalue weighted by Gasteiger charge is -2.05. The van der Waals surface area contributed by atoms with Crippen molar-refractivity contribution in [2.45, 2.75) is 6.42 Å². The Morgan fingerprint density at radius 1 is 1.69 bits per heavy atom. The molecular formula is C9H10N4O3. The molecule has 0 aliphatic heterocycles. The highest BCUT2D eigenvalue weighted by Gasteiger charge is 2.17. The fourth-order valence-electron chi connectivity index (χ4n) is 0.965. The van der Waals surface area contributed by atoms with E-state index in [1.807, 2.05) is 0 Å². The van der Waals surface area contributed by atoms with Crippen molar-refractivity contribution in [1.82, 2.24) is 4.98 Å². The van der Waals surface area contributed by atoms with Gasteiger partial charge in [-0.25, -0.2) is 5.84 Å². The monoisotopic (exact) mass is 222 g/mol. The second-order valence-corrected chi connectivity index (χ2v) is 2.72. The van der Waals surface area contributed by atoms with Gasteiger partial charge in [-0.3, -0.25) is 10.1 Å². The molecule has 0 aliphatic carbocycles. The predicted molar refractivity (Wildman–Crippen MR) is 57.6 cm³/mol. The van der Waals surface area contributed by atoms with Gasteiger partial charge < -0.3 is 10.2 Å². The van der Waals surface area contributed by atoms with E-state index in [0.29, 0.717) is 6.42 Å². The number of hydrazine groups is 1. The average molecular weight is 222 g/mol. The number of terminal acetylenes is 1. The predicted octanol–water partition coefficient (Wildman–Crippen LogP) is 0.677. The van der Waals surface area contributed by atoms with Crippen LogP contribution in [-0.4, -0.2) is 16.5 Å². The van der Waals surface area contributed by atoms with E-state index in [-0.39, 0.29) is 24.0 Å². The number of hydrogen-bond donors (Lipinski definition) is 2. The van der Waals surface area contributed by atoms with Crippen molar-refractivity contribution in [1.29, 1.82) is 0 Å². The van der Waals surface area contributed by atoms with Crippen LogP contribution >= 0.6 is 0 Å². The summed E-state index contributed by atoms with van der Waals surface area (Å²) in [7, 11) is 0. The Hall–Kier alpha value is -2.33. The van der Waals surface area contributed by atoms with Crippen LogP contribution < -0.4 is 16.0 Å². The quantitative estimate of drug-likeness (QED) is 0.249. The largest absolute Gasteiger partial charge is 0.472 e. The van der Waals surface area contributed by atoms with Gasteiger partial charge in [0.15, 0.2) is 0 Å². The zero-order valence-corrected chi connectivity index (χ0v) is 8.34. The lowest BCUT2D eigenvalue weighted by atomic mass is 10.4. The Morgan fingerprint density at radius 2 is 2.44 bits per heavy atom. The van der Waals surface area contributed by atoms with Crippen LogP contribution in [0.4, 0.5) is 11.5 Å². The van der Waals surface area contributed by atoms with E-state index in [1.165, 1.54) is 12.1 Å². The van der Waals surface area contributed by atoms with Gasteiger partial charge in [0.05, 0.1) is 4.92 Å². The first-order chi connectivity index (χ1) is 7.69. The molecule has 0 aromatic carbocycles. The summed E-state index contributed by atoms with van der Waals surface area (Å²) in [5.74, 6) is 7.66. The smallest absolute Gasteiger partial charge is 0.331 e. The van der Waals surface area contributed by atoms with E-state index in [1.54, 1.807) is 0 Å². The van der Waals surface area contributed by atoms with Crippen LogP contribution in [0.5, 0.6) is 5.88 Å². The Labute approximate surface area is 91.7 Å². The van der Waals surface area contributed by atoms with Crippen molar-refractivity contribution in [2.24, 2.45) is 5.84 Å². The van der Waals surface area contributed by atoms with Crippen molar-refractivity contribution in [3.63, 3.8) is 0 Å². The molecule has 7 nitrogen and oxygen atoms in total. The Balaban J connectivity index is 2.92. The summed E-state index contributed by atoms with van der Waals surface area (Å²) in [6.45, 7) is 0.165. The number of nitrogen functional groups attached to an aromatic ring is 1. The van der Waals surface area contributed by atoms with Crippen LogP contribution in [0, 0.1) is 22.5 Å². The lowest BCUT2D eigenvalue weighted by Crippen LogP contribution is -2.10. The van der Waals surface area contributed by atoms with E-state index in [2.05, 4.69) is 16.3 Å².